The van der Waals surface area contributed by atoms with Crippen molar-refractivity contribution in [2.24, 2.45) is 17.3 Å². The van der Waals surface area contributed by atoms with Gasteiger partial charge >= 0.3 is 0 Å². The second kappa shape index (κ2) is 2.04. The number of fused-ring (bicyclic) bond motifs is 2. The lowest BCUT2D eigenvalue weighted by molar-refractivity contribution is 0.244. The molecule has 3 saturated carbocycles. The molecule has 11 heavy (non-hydrogen) atoms. The molecule has 3 unspecified atom stereocenters. The fourth-order valence-electron chi connectivity index (χ4n) is 3.50. The van der Waals surface area contributed by atoms with E-state index in [0.29, 0.717) is 0 Å². The van der Waals surface area contributed by atoms with Gasteiger partial charge in [0.2, 0.25) is 0 Å². The average molecular weight is 215 g/mol. The zero-order valence-corrected chi connectivity index (χ0v) is 8.44. The lowest BCUT2D eigenvalue weighted by Gasteiger charge is -2.27. The first-order valence-electron chi connectivity index (χ1n) is 4.93. The first kappa shape index (κ1) is 6.94. The molecule has 0 aromatic rings. The maximum atomic E-state index is 3.78. The molecule has 3 atom stereocenters. The van der Waals surface area contributed by atoms with Crippen molar-refractivity contribution in [2.45, 2.75) is 43.4 Å². The highest BCUT2D eigenvalue weighted by Gasteiger charge is 2.57. The Hall–Kier alpha value is 0.480. The van der Waals surface area contributed by atoms with E-state index in [4.69, 9.17) is 0 Å². The van der Waals surface area contributed by atoms with Gasteiger partial charge in [0.1, 0.15) is 0 Å². The van der Waals surface area contributed by atoms with Crippen LogP contribution in [0.15, 0.2) is 0 Å². The molecule has 0 saturated heterocycles. The van der Waals surface area contributed by atoms with Gasteiger partial charge < -0.3 is 0 Å². The van der Waals surface area contributed by atoms with Gasteiger partial charge in [-0.15, -0.1) is 0 Å². The SMILES string of the molecule is BrC1CC12CC1CCC(C1)C2. The zero-order chi connectivity index (χ0) is 7.47. The van der Waals surface area contributed by atoms with E-state index in [0.717, 1.165) is 22.1 Å². The van der Waals surface area contributed by atoms with Gasteiger partial charge in [0.25, 0.3) is 0 Å². The molecule has 1 spiro atoms. The molecule has 3 aliphatic rings. The second-order valence-electron chi connectivity index (χ2n) is 4.99. The van der Waals surface area contributed by atoms with Crippen LogP contribution in [0.25, 0.3) is 0 Å². The molecular formula is C10H15Br. The summed E-state index contributed by atoms with van der Waals surface area (Å²) in [6.07, 6.45) is 9.26. The van der Waals surface area contributed by atoms with Crippen molar-refractivity contribution in [1.82, 2.24) is 0 Å². The minimum absolute atomic E-state index is 0.810. The molecule has 0 N–H and O–H groups in total. The molecule has 3 rings (SSSR count). The molecule has 0 heterocycles. The molecule has 0 nitrogen and oxygen atoms in total. The van der Waals surface area contributed by atoms with E-state index in [1.165, 1.54) is 6.42 Å². The Morgan fingerprint density at radius 3 is 2.00 bits per heavy atom. The Bertz CT molecular complexity index is 175. The van der Waals surface area contributed by atoms with Crippen LogP contribution >= 0.6 is 15.9 Å². The highest BCUT2D eigenvalue weighted by molar-refractivity contribution is 9.09. The Morgan fingerprint density at radius 2 is 1.55 bits per heavy atom. The molecular weight excluding hydrogens is 200 g/mol. The third-order valence-corrected chi connectivity index (χ3v) is 5.43. The largest absolute Gasteiger partial charge is 0.0884 e. The van der Waals surface area contributed by atoms with Crippen LogP contribution in [0.4, 0.5) is 0 Å². The molecule has 62 valence electrons. The summed E-state index contributed by atoms with van der Waals surface area (Å²) >= 11 is 3.78. The standard InChI is InChI=1S/C10H15Br/c11-9-6-10(9)4-7-1-2-8(3-7)5-10/h7-9H,1-6H2. The first-order chi connectivity index (χ1) is 5.28. The normalized spacial score (nSPS) is 60.3. The third-order valence-electron chi connectivity index (χ3n) is 4.13. The Morgan fingerprint density at radius 1 is 1.00 bits per heavy atom. The molecule has 3 fully saturated rings. The summed E-state index contributed by atoms with van der Waals surface area (Å²) in [5.74, 6) is 2.24. The van der Waals surface area contributed by atoms with Crippen molar-refractivity contribution in [3.05, 3.63) is 0 Å². The number of hydrogen-bond acceptors (Lipinski definition) is 0. The van der Waals surface area contributed by atoms with Crippen molar-refractivity contribution >= 4 is 15.9 Å². The molecule has 0 aromatic heterocycles. The van der Waals surface area contributed by atoms with Crippen LogP contribution in [0.3, 0.4) is 0 Å². The van der Waals surface area contributed by atoms with E-state index in [1.54, 1.807) is 32.1 Å². The monoisotopic (exact) mass is 214 g/mol. The number of rotatable bonds is 0. The van der Waals surface area contributed by atoms with Gasteiger partial charge in [0.05, 0.1) is 0 Å². The van der Waals surface area contributed by atoms with Gasteiger partial charge in [-0.3, -0.25) is 0 Å². The average Bonchev–Trinajstić information content (AvgIpc) is 2.38. The maximum Gasteiger partial charge on any atom is 0.0208 e. The summed E-state index contributed by atoms with van der Waals surface area (Å²) in [4.78, 5) is 0.901. The smallest absolute Gasteiger partial charge is 0.0208 e. The molecule has 1 heteroatoms. The van der Waals surface area contributed by atoms with E-state index in [-0.39, 0.29) is 0 Å². The van der Waals surface area contributed by atoms with Crippen LogP contribution < -0.4 is 0 Å². The minimum atomic E-state index is 0.810. The van der Waals surface area contributed by atoms with Crippen LogP contribution in [-0.2, 0) is 0 Å². The van der Waals surface area contributed by atoms with Crippen molar-refractivity contribution < 1.29 is 0 Å². The van der Waals surface area contributed by atoms with Gasteiger partial charge in [-0.1, -0.05) is 28.8 Å². The molecule has 3 aliphatic carbocycles. The van der Waals surface area contributed by atoms with E-state index < -0.39 is 0 Å². The van der Waals surface area contributed by atoms with Crippen molar-refractivity contribution in [2.75, 3.05) is 0 Å². The molecule has 2 bridgehead atoms. The Balaban J connectivity index is 1.82. The van der Waals surface area contributed by atoms with Crippen LogP contribution in [0.1, 0.15) is 38.5 Å². The van der Waals surface area contributed by atoms with Crippen molar-refractivity contribution in [3.8, 4) is 0 Å². The summed E-state index contributed by atoms with van der Waals surface area (Å²) < 4.78 is 0. The van der Waals surface area contributed by atoms with E-state index >= 15 is 0 Å². The summed E-state index contributed by atoms with van der Waals surface area (Å²) in [7, 11) is 0. The van der Waals surface area contributed by atoms with Crippen LogP contribution in [0.2, 0.25) is 0 Å². The second-order valence-corrected chi connectivity index (χ2v) is 6.09. The number of alkyl halides is 1. The molecule has 0 amide bonds. The maximum absolute atomic E-state index is 3.78. The predicted molar refractivity (Wildman–Crippen MR) is 49.8 cm³/mol. The van der Waals surface area contributed by atoms with Gasteiger partial charge in [0.15, 0.2) is 0 Å². The van der Waals surface area contributed by atoms with Gasteiger partial charge in [0, 0.05) is 4.83 Å². The lowest BCUT2D eigenvalue weighted by atomic mass is 9.79. The fraction of sp³-hybridized carbons (Fsp3) is 1.00. The summed E-state index contributed by atoms with van der Waals surface area (Å²) in [6, 6.07) is 0. The zero-order valence-electron chi connectivity index (χ0n) is 6.85. The molecule has 0 aliphatic heterocycles. The summed E-state index contributed by atoms with van der Waals surface area (Å²) in [6.45, 7) is 0. The molecule has 0 aromatic carbocycles. The summed E-state index contributed by atoms with van der Waals surface area (Å²) in [5, 5.41) is 0. The first-order valence-corrected chi connectivity index (χ1v) is 5.84. The topological polar surface area (TPSA) is 0 Å². The van der Waals surface area contributed by atoms with E-state index in [9.17, 15) is 0 Å². The van der Waals surface area contributed by atoms with Gasteiger partial charge in [-0.25, -0.2) is 0 Å². The number of hydrogen-bond donors (Lipinski definition) is 0. The summed E-state index contributed by atoms with van der Waals surface area (Å²) in [5.41, 5.74) is 0.810. The van der Waals surface area contributed by atoms with Crippen LogP contribution in [0, 0.1) is 17.3 Å². The van der Waals surface area contributed by atoms with E-state index in [2.05, 4.69) is 15.9 Å². The molecule has 0 radical (unpaired) electrons. The van der Waals surface area contributed by atoms with Crippen molar-refractivity contribution in [1.29, 1.82) is 0 Å². The van der Waals surface area contributed by atoms with Gasteiger partial charge in [-0.2, -0.15) is 0 Å². The van der Waals surface area contributed by atoms with Gasteiger partial charge in [-0.05, 0) is 42.9 Å². The van der Waals surface area contributed by atoms with Crippen molar-refractivity contribution in [3.63, 3.8) is 0 Å². The number of halogens is 1. The highest BCUT2D eigenvalue weighted by atomic mass is 79.9. The quantitative estimate of drug-likeness (QED) is 0.543. The van der Waals surface area contributed by atoms with Crippen LogP contribution in [-0.4, -0.2) is 4.83 Å². The Labute approximate surface area is 76.9 Å². The minimum Gasteiger partial charge on any atom is -0.0884 e. The Kier molecular flexibility index (Phi) is 1.29. The lowest BCUT2D eigenvalue weighted by Crippen LogP contribution is -2.18. The van der Waals surface area contributed by atoms with Crippen LogP contribution in [0.5, 0.6) is 0 Å². The highest BCUT2D eigenvalue weighted by Crippen LogP contribution is 2.65. The van der Waals surface area contributed by atoms with E-state index in [1.807, 2.05) is 0 Å². The fourth-order valence-corrected chi connectivity index (χ4v) is 4.52. The third kappa shape index (κ3) is 0.929. The predicted octanol–water partition coefficient (Wildman–Crippen LogP) is 3.35.